The van der Waals surface area contributed by atoms with Crippen LogP contribution in [-0.4, -0.2) is 30.2 Å². The van der Waals surface area contributed by atoms with Gasteiger partial charge >= 0.3 is 0 Å². The van der Waals surface area contributed by atoms with Gasteiger partial charge in [-0.2, -0.15) is 0 Å². The number of aromatic amines is 1. The second kappa shape index (κ2) is 7.99. The van der Waals surface area contributed by atoms with Gasteiger partial charge in [-0.3, -0.25) is 0 Å². The van der Waals surface area contributed by atoms with Crippen LogP contribution in [0.15, 0.2) is 41.4 Å². The van der Waals surface area contributed by atoms with E-state index in [0.717, 1.165) is 37.0 Å². The Bertz CT molecular complexity index is 473. The van der Waals surface area contributed by atoms with Gasteiger partial charge in [-0.15, -0.1) is 11.8 Å². The fourth-order valence-corrected chi connectivity index (χ4v) is 2.43. The number of hydrogen-bond donors (Lipinski definition) is 2. The van der Waals surface area contributed by atoms with Crippen molar-refractivity contribution in [3.05, 3.63) is 48.0 Å². The van der Waals surface area contributed by atoms with Gasteiger partial charge in [0.2, 0.25) is 0 Å². The Morgan fingerprint density at radius 3 is 2.95 bits per heavy atom. The number of aromatic nitrogens is 2. The molecule has 102 valence electrons. The van der Waals surface area contributed by atoms with Crippen molar-refractivity contribution in [1.29, 1.82) is 0 Å². The predicted molar refractivity (Wildman–Crippen MR) is 78.2 cm³/mol. The van der Waals surface area contributed by atoms with E-state index in [1.54, 1.807) is 18.9 Å². The number of rotatable bonds is 8. The molecule has 4 nitrogen and oxygen atoms in total. The van der Waals surface area contributed by atoms with Crippen molar-refractivity contribution in [3.8, 4) is 0 Å². The summed E-state index contributed by atoms with van der Waals surface area (Å²) in [5, 5.41) is 3.29. The predicted octanol–water partition coefficient (Wildman–Crippen LogP) is 2.44. The van der Waals surface area contributed by atoms with Gasteiger partial charge in [-0.1, -0.05) is 18.2 Å². The number of hydrogen-bond acceptors (Lipinski definition) is 4. The van der Waals surface area contributed by atoms with E-state index in [9.17, 15) is 0 Å². The molecule has 1 aromatic heterocycles. The minimum absolute atomic E-state index is 0.727. The summed E-state index contributed by atoms with van der Waals surface area (Å²) in [5.41, 5.74) is 1.11. The third-order valence-electron chi connectivity index (χ3n) is 2.60. The van der Waals surface area contributed by atoms with Crippen molar-refractivity contribution in [3.63, 3.8) is 0 Å². The maximum Gasteiger partial charge on any atom is 0.116 e. The van der Waals surface area contributed by atoms with Gasteiger partial charge in [0, 0.05) is 37.0 Å². The van der Waals surface area contributed by atoms with Crippen LogP contribution in [0.25, 0.3) is 0 Å². The molecule has 0 spiro atoms. The molecule has 0 bridgehead atoms. The summed E-state index contributed by atoms with van der Waals surface area (Å²) in [6, 6.07) is 10.4. The maximum atomic E-state index is 4.98. The number of thioether (sulfide) groups is 1. The topological polar surface area (TPSA) is 49.9 Å². The highest BCUT2D eigenvalue weighted by atomic mass is 32.2. The molecule has 0 aliphatic carbocycles. The van der Waals surface area contributed by atoms with Crippen molar-refractivity contribution in [2.75, 3.05) is 20.3 Å². The Kier molecular flexibility index (Phi) is 5.94. The highest BCUT2D eigenvalue weighted by Crippen LogP contribution is 2.20. The quantitative estimate of drug-likeness (QED) is 0.575. The van der Waals surface area contributed by atoms with Gasteiger partial charge in [0.15, 0.2) is 0 Å². The SMILES string of the molecule is COCCNCc1cnc(CSc2ccccc2)[nH]1. The first-order valence-electron chi connectivity index (χ1n) is 6.29. The molecule has 19 heavy (non-hydrogen) atoms. The van der Waals surface area contributed by atoms with E-state index in [2.05, 4.69) is 39.6 Å². The molecule has 0 fully saturated rings. The van der Waals surface area contributed by atoms with Crippen molar-refractivity contribution >= 4 is 11.8 Å². The molecule has 0 saturated carbocycles. The Labute approximate surface area is 118 Å². The van der Waals surface area contributed by atoms with E-state index in [0.29, 0.717) is 0 Å². The normalized spacial score (nSPS) is 10.8. The van der Waals surface area contributed by atoms with Crippen LogP contribution in [-0.2, 0) is 17.0 Å². The highest BCUT2D eigenvalue weighted by molar-refractivity contribution is 7.98. The van der Waals surface area contributed by atoms with Gasteiger partial charge in [-0.05, 0) is 12.1 Å². The van der Waals surface area contributed by atoms with Gasteiger partial charge < -0.3 is 15.0 Å². The highest BCUT2D eigenvalue weighted by Gasteiger charge is 2.01. The van der Waals surface area contributed by atoms with Crippen LogP contribution in [0.2, 0.25) is 0 Å². The van der Waals surface area contributed by atoms with E-state index in [4.69, 9.17) is 4.74 Å². The molecule has 0 radical (unpaired) electrons. The molecular formula is C14H19N3OS. The molecule has 0 amide bonds. The molecule has 0 aliphatic heterocycles. The number of H-pyrrole nitrogens is 1. The molecule has 5 heteroatoms. The molecule has 0 aliphatic rings. The lowest BCUT2D eigenvalue weighted by molar-refractivity contribution is 0.199. The molecular weight excluding hydrogens is 258 g/mol. The fourth-order valence-electron chi connectivity index (χ4n) is 1.63. The smallest absolute Gasteiger partial charge is 0.116 e. The molecule has 1 aromatic carbocycles. The third kappa shape index (κ3) is 5.06. The van der Waals surface area contributed by atoms with Crippen molar-refractivity contribution in [1.82, 2.24) is 15.3 Å². The third-order valence-corrected chi connectivity index (χ3v) is 3.62. The zero-order valence-electron chi connectivity index (χ0n) is 11.1. The van der Waals surface area contributed by atoms with E-state index in [1.165, 1.54) is 4.90 Å². The Hall–Kier alpha value is -1.30. The second-order valence-corrected chi connectivity index (χ2v) is 5.18. The summed E-state index contributed by atoms with van der Waals surface area (Å²) < 4.78 is 4.98. The fraction of sp³-hybridized carbons (Fsp3) is 0.357. The van der Waals surface area contributed by atoms with Crippen molar-refractivity contribution in [2.45, 2.75) is 17.2 Å². The van der Waals surface area contributed by atoms with E-state index in [1.807, 2.05) is 12.3 Å². The standard InChI is InChI=1S/C14H19N3OS/c1-18-8-7-15-9-12-10-16-14(17-12)11-19-13-5-3-2-4-6-13/h2-6,10,15H,7-9,11H2,1H3,(H,16,17). The lowest BCUT2D eigenvalue weighted by atomic mass is 10.4. The number of methoxy groups -OCH3 is 1. The summed E-state index contributed by atoms with van der Waals surface area (Å²) in [7, 11) is 1.71. The van der Waals surface area contributed by atoms with Crippen LogP contribution >= 0.6 is 11.8 Å². The molecule has 0 unspecified atom stereocenters. The van der Waals surface area contributed by atoms with Gasteiger partial charge in [0.05, 0.1) is 12.4 Å². The lowest BCUT2D eigenvalue weighted by Crippen LogP contribution is -2.18. The molecule has 0 saturated heterocycles. The molecule has 2 rings (SSSR count). The molecule has 1 heterocycles. The minimum Gasteiger partial charge on any atom is -0.383 e. The van der Waals surface area contributed by atoms with E-state index in [-0.39, 0.29) is 0 Å². The van der Waals surface area contributed by atoms with Crippen LogP contribution < -0.4 is 5.32 Å². The first-order chi connectivity index (χ1) is 9.38. The largest absolute Gasteiger partial charge is 0.383 e. The number of imidazole rings is 1. The van der Waals surface area contributed by atoms with Crippen LogP contribution in [0.5, 0.6) is 0 Å². The second-order valence-electron chi connectivity index (χ2n) is 4.13. The summed E-state index contributed by atoms with van der Waals surface area (Å²) >= 11 is 1.78. The number of nitrogens with one attached hydrogen (secondary N) is 2. The first-order valence-corrected chi connectivity index (χ1v) is 7.27. The van der Waals surface area contributed by atoms with Crippen LogP contribution in [0.4, 0.5) is 0 Å². The maximum absolute atomic E-state index is 4.98. The number of nitrogens with zero attached hydrogens (tertiary/aromatic N) is 1. The average molecular weight is 277 g/mol. The van der Waals surface area contributed by atoms with E-state index < -0.39 is 0 Å². The Morgan fingerprint density at radius 2 is 2.16 bits per heavy atom. The summed E-state index contributed by atoms with van der Waals surface area (Å²) in [6.45, 7) is 2.38. The first kappa shape index (κ1) is 14.1. The monoisotopic (exact) mass is 277 g/mol. The number of ether oxygens (including phenoxy) is 1. The van der Waals surface area contributed by atoms with Crippen LogP contribution in [0.3, 0.4) is 0 Å². The Balaban J connectivity index is 1.74. The molecule has 2 N–H and O–H groups in total. The molecule has 0 atom stereocenters. The molecule has 2 aromatic rings. The zero-order chi connectivity index (χ0) is 13.3. The summed E-state index contributed by atoms with van der Waals surface area (Å²) in [6.07, 6.45) is 1.89. The van der Waals surface area contributed by atoms with Gasteiger partial charge in [-0.25, -0.2) is 4.98 Å². The van der Waals surface area contributed by atoms with Gasteiger partial charge in [0.1, 0.15) is 5.82 Å². The van der Waals surface area contributed by atoms with Crippen molar-refractivity contribution in [2.24, 2.45) is 0 Å². The van der Waals surface area contributed by atoms with Crippen molar-refractivity contribution < 1.29 is 4.74 Å². The van der Waals surface area contributed by atoms with Crippen LogP contribution in [0.1, 0.15) is 11.5 Å². The average Bonchev–Trinajstić information content (AvgIpc) is 2.91. The number of benzene rings is 1. The Morgan fingerprint density at radius 1 is 1.32 bits per heavy atom. The summed E-state index contributed by atoms with van der Waals surface area (Å²) in [4.78, 5) is 8.97. The lowest BCUT2D eigenvalue weighted by Gasteiger charge is -2.01. The summed E-state index contributed by atoms with van der Waals surface area (Å²) in [5.74, 6) is 1.87. The minimum atomic E-state index is 0.727. The van der Waals surface area contributed by atoms with Gasteiger partial charge in [0.25, 0.3) is 0 Å². The van der Waals surface area contributed by atoms with Crippen LogP contribution in [0, 0.1) is 0 Å². The zero-order valence-corrected chi connectivity index (χ0v) is 11.9. The van der Waals surface area contributed by atoms with E-state index >= 15 is 0 Å².